The molecule has 2 aromatic rings. The first-order chi connectivity index (χ1) is 13.1. The second kappa shape index (κ2) is 10.0. The number of halogens is 3. The second-order valence-electron chi connectivity index (χ2n) is 5.53. The molecule has 0 aliphatic rings. The summed E-state index contributed by atoms with van der Waals surface area (Å²) in [5, 5.41) is 14.9. The van der Waals surface area contributed by atoms with Gasteiger partial charge >= 0.3 is 5.97 Å². The molecule has 0 saturated heterocycles. The minimum atomic E-state index is -0.644. The third kappa shape index (κ3) is 5.46. The number of nitrogens with one attached hydrogen (secondary N) is 2. The van der Waals surface area contributed by atoms with Crippen molar-refractivity contribution in [3.05, 3.63) is 40.5 Å². The summed E-state index contributed by atoms with van der Waals surface area (Å²) in [5.74, 6) is -0.857. The fraction of sp³-hybridized carbons (Fsp3) is 0.167. The van der Waals surface area contributed by atoms with Gasteiger partial charge in [-0.2, -0.15) is 0 Å². The maximum absolute atomic E-state index is 12.9. The van der Waals surface area contributed by atoms with Crippen LogP contribution in [0.2, 0.25) is 0 Å². The van der Waals surface area contributed by atoms with Gasteiger partial charge in [0.05, 0.1) is 27.6 Å². The van der Waals surface area contributed by atoms with Gasteiger partial charge in [-0.3, -0.25) is 9.59 Å². The number of hydrogen-bond acceptors (Lipinski definition) is 5. The number of carbonyl (C=O) groups is 3. The number of amides is 2. The fourth-order valence-corrected chi connectivity index (χ4v) is 6.28. The minimum absolute atomic E-state index is 0.0516. The van der Waals surface area contributed by atoms with Crippen LogP contribution in [-0.4, -0.2) is 22.9 Å². The van der Waals surface area contributed by atoms with Gasteiger partial charge in [-0.15, -0.1) is 0 Å². The van der Waals surface area contributed by atoms with Crippen molar-refractivity contribution in [2.24, 2.45) is 0 Å². The van der Waals surface area contributed by atoms with Gasteiger partial charge < -0.3 is 20.5 Å². The molecular formula is C18H15I3N2O5. The molecule has 0 spiro atoms. The van der Waals surface area contributed by atoms with Crippen molar-refractivity contribution in [2.75, 3.05) is 10.6 Å². The van der Waals surface area contributed by atoms with Gasteiger partial charge in [0.1, 0.15) is 11.5 Å². The highest BCUT2D eigenvalue weighted by molar-refractivity contribution is 14.1. The lowest BCUT2D eigenvalue weighted by molar-refractivity contribution is -0.116. The molecule has 0 atom stereocenters. The van der Waals surface area contributed by atoms with Crippen molar-refractivity contribution in [1.82, 2.24) is 0 Å². The Hall–Kier alpha value is -1.16. The Morgan fingerprint density at radius 1 is 0.964 bits per heavy atom. The largest absolute Gasteiger partial charge is 0.508 e. The molecule has 0 fully saturated rings. The second-order valence-corrected chi connectivity index (χ2v) is 8.77. The first-order valence-electron chi connectivity index (χ1n) is 7.94. The van der Waals surface area contributed by atoms with Crippen molar-refractivity contribution in [2.45, 2.75) is 20.3 Å². The molecule has 0 aliphatic heterocycles. The summed E-state index contributed by atoms with van der Waals surface area (Å²) in [6.07, 6.45) is 0.265. The first kappa shape index (κ1) is 23.1. The number of anilines is 2. The Kier molecular flexibility index (Phi) is 8.30. The van der Waals surface area contributed by atoms with Crippen LogP contribution in [-0.2, 0) is 9.59 Å². The number of benzene rings is 2. The zero-order valence-electron chi connectivity index (χ0n) is 14.7. The van der Waals surface area contributed by atoms with Crippen LogP contribution in [0, 0.1) is 10.7 Å². The molecule has 2 amide bonds. The van der Waals surface area contributed by atoms with Crippen molar-refractivity contribution >= 4 is 96.9 Å². The molecule has 0 aromatic heterocycles. The van der Waals surface area contributed by atoms with E-state index in [2.05, 4.69) is 10.6 Å². The molecule has 2 rings (SSSR count). The van der Waals surface area contributed by atoms with Crippen molar-refractivity contribution in [1.29, 1.82) is 0 Å². The number of phenols is 1. The molecule has 2 aromatic carbocycles. The quantitative estimate of drug-likeness (QED) is 0.236. The van der Waals surface area contributed by atoms with Crippen LogP contribution in [0.5, 0.6) is 11.5 Å². The summed E-state index contributed by atoms with van der Waals surface area (Å²) in [6.45, 7) is 3.08. The number of esters is 1. The molecule has 0 radical (unpaired) electrons. The summed E-state index contributed by atoms with van der Waals surface area (Å²) in [7, 11) is 0. The highest BCUT2D eigenvalue weighted by atomic mass is 127. The molecule has 148 valence electrons. The van der Waals surface area contributed by atoms with Crippen LogP contribution < -0.4 is 15.4 Å². The van der Waals surface area contributed by atoms with Gasteiger partial charge in [0, 0.05) is 13.3 Å². The number of phenolic OH excluding ortho intramolecular Hbond substituents is 1. The third-order valence-electron chi connectivity index (χ3n) is 3.45. The van der Waals surface area contributed by atoms with E-state index in [-0.39, 0.29) is 35.3 Å². The Balaban J connectivity index is 2.58. The molecule has 0 heterocycles. The van der Waals surface area contributed by atoms with E-state index < -0.39 is 5.97 Å². The van der Waals surface area contributed by atoms with Gasteiger partial charge in [-0.05, 0) is 92.0 Å². The molecule has 3 N–H and O–H groups in total. The molecule has 28 heavy (non-hydrogen) atoms. The molecule has 0 aliphatic carbocycles. The third-order valence-corrected chi connectivity index (χ3v) is 6.69. The van der Waals surface area contributed by atoms with Crippen LogP contribution in [0.3, 0.4) is 0 Å². The van der Waals surface area contributed by atoms with Gasteiger partial charge in [0.2, 0.25) is 11.8 Å². The van der Waals surface area contributed by atoms with Gasteiger partial charge in [-0.25, -0.2) is 4.79 Å². The number of ether oxygens (including phenoxy) is 1. The SMILES string of the molecule is CCC(=O)Nc1c(I)c(NC(C)=O)c(I)c(C(=O)Oc2ccc(O)cc2)c1I. The van der Waals surface area contributed by atoms with E-state index in [1.807, 2.05) is 67.8 Å². The normalized spacial score (nSPS) is 10.3. The zero-order chi connectivity index (χ0) is 21.0. The zero-order valence-corrected chi connectivity index (χ0v) is 21.2. The summed E-state index contributed by atoms with van der Waals surface area (Å²) in [6, 6.07) is 5.74. The summed E-state index contributed by atoms with van der Waals surface area (Å²) in [5.41, 5.74) is 1.10. The van der Waals surface area contributed by atoms with E-state index in [0.717, 1.165) is 0 Å². The van der Waals surface area contributed by atoms with Crippen LogP contribution in [0.25, 0.3) is 0 Å². The van der Waals surface area contributed by atoms with Gasteiger partial charge in [-0.1, -0.05) is 6.92 Å². The number of carbonyl (C=O) groups excluding carboxylic acids is 3. The van der Waals surface area contributed by atoms with Crippen LogP contribution in [0.15, 0.2) is 24.3 Å². The Morgan fingerprint density at radius 3 is 2.00 bits per heavy atom. The van der Waals surface area contributed by atoms with Gasteiger partial charge in [0.15, 0.2) is 0 Å². The average molecular weight is 720 g/mol. The lowest BCUT2D eigenvalue weighted by atomic mass is 10.1. The van der Waals surface area contributed by atoms with E-state index in [0.29, 0.717) is 22.1 Å². The van der Waals surface area contributed by atoms with Crippen molar-refractivity contribution in [3.8, 4) is 11.5 Å². The van der Waals surface area contributed by atoms with E-state index in [9.17, 15) is 19.5 Å². The number of aromatic hydroxyl groups is 1. The van der Waals surface area contributed by atoms with Crippen molar-refractivity contribution < 1.29 is 24.2 Å². The Morgan fingerprint density at radius 2 is 1.50 bits per heavy atom. The molecular weight excluding hydrogens is 705 g/mol. The Labute approximate surface area is 202 Å². The summed E-state index contributed by atoms with van der Waals surface area (Å²) >= 11 is 5.97. The van der Waals surface area contributed by atoms with Crippen molar-refractivity contribution in [3.63, 3.8) is 0 Å². The summed E-state index contributed by atoms with van der Waals surface area (Å²) < 4.78 is 7.04. The standard InChI is InChI=1S/C18H15I3N2O5/c1-3-11(26)23-17-14(20)12(13(19)16(15(17)21)22-8(2)24)18(27)28-10-6-4-9(25)5-7-10/h4-7,25H,3H2,1-2H3,(H,22,24)(H,23,26). The number of hydrogen-bond donors (Lipinski definition) is 3. The van der Waals surface area contributed by atoms with E-state index in [1.165, 1.54) is 31.2 Å². The predicted octanol–water partition coefficient (Wildman–Crippen LogP) is 4.73. The van der Waals surface area contributed by atoms with E-state index in [1.54, 1.807) is 6.92 Å². The highest BCUT2D eigenvalue weighted by Gasteiger charge is 2.27. The maximum atomic E-state index is 12.9. The molecule has 7 nitrogen and oxygen atoms in total. The maximum Gasteiger partial charge on any atom is 0.345 e. The van der Waals surface area contributed by atoms with Crippen LogP contribution >= 0.6 is 67.8 Å². The monoisotopic (exact) mass is 720 g/mol. The smallest absolute Gasteiger partial charge is 0.345 e. The predicted molar refractivity (Wildman–Crippen MR) is 131 cm³/mol. The number of rotatable bonds is 5. The lowest BCUT2D eigenvalue weighted by Crippen LogP contribution is -2.20. The highest BCUT2D eigenvalue weighted by Crippen LogP contribution is 2.39. The Bertz CT molecular complexity index is 945. The van der Waals surface area contributed by atoms with Gasteiger partial charge in [0.25, 0.3) is 0 Å². The molecule has 0 bridgehead atoms. The molecule has 10 heteroatoms. The van der Waals surface area contributed by atoms with E-state index >= 15 is 0 Å². The average Bonchev–Trinajstić information content (AvgIpc) is 2.64. The molecule has 0 saturated carbocycles. The van der Waals surface area contributed by atoms with Crippen LogP contribution in [0.4, 0.5) is 11.4 Å². The minimum Gasteiger partial charge on any atom is -0.508 e. The molecule has 0 unspecified atom stereocenters. The lowest BCUT2D eigenvalue weighted by Gasteiger charge is -2.19. The first-order valence-corrected chi connectivity index (χ1v) is 11.2. The fourth-order valence-electron chi connectivity index (χ4n) is 2.14. The van der Waals surface area contributed by atoms with E-state index in [4.69, 9.17) is 4.74 Å². The summed E-state index contributed by atoms with van der Waals surface area (Å²) in [4.78, 5) is 36.5. The van der Waals surface area contributed by atoms with Crippen LogP contribution in [0.1, 0.15) is 30.6 Å². The topological polar surface area (TPSA) is 105 Å².